The van der Waals surface area contributed by atoms with Crippen LogP contribution in [0.1, 0.15) is 31.2 Å². The summed E-state index contributed by atoms with van der Waals surface area (Å²) < 4.78 is 29.7. The summed E-state index contributed by atoms with van der Waals surface area (Å²) in [5.41, 5.74) is 6.71. The van der Waals surface area contributed by atoms with Crippen LogP contribution in [0.15, 0.2) is 4.90 Å². The molecule has 0 bridgehead atoms. The Morgan fingerprint density at radius 2 is 2.10 bits per heavy atom. The molecule has 1 heterocycles. The molecule has 1 unspecified atom stereocenters. The van der Waals surface area contributed by atoms with E-state index in [2.05, 4.69) is 9.82 Å². The Bertz CT molecular complexity index is 555. The molecule has 0 saturated heterocycles. The van der Waals surface area contributed by atoms with Gasteiger partial charge in [-0.1, -0.05) is 6.92 Å². The third-order valence-corrected chi connectivity index (χ3v) is 5.85. The fourth-order valence-electron chi connectivity index (χ4n) is 2.24. The van der Waals surface area contributed by atoms with Crippen LogP contribution in [-0.2, 0) is 16.6 Å². The molecule has 0 amide bonds. The molecule has 1 atom stereocenters. The SMILES string of the molecule is CCC(CSC)NS(=O)(=O)c1c(C)nn(CCCN)c1C. The van der Waals surface area contributed by atoms with E-state index in [1.807, 2.05) is 13.2 Å². The molecule has 21 heavy (non-hydrogen) atoms. The van der Waals surface area contributed by atoms with Gasteiger partial charge in [-0.05, 0) is 39.5 Å². The smallest absolute Gasteiger partial charge is 0.244 e. The van der Waals surface area contributed by atoms with Crippen molar-refractivity contribution in [3.05, 3.63) is 11.4 Å². The van der Waals surface area contributed by atoms with E-state index in [0.717, 1.165) is 18.6 Å². The number of nitrogens with zero attached hydrogens (tertiary/aromatic N) is 2. The van der Waals surface area contributed by atoms with Crippen LogP contribution in [-0.4, -0.2) is 42.8 Å². The molecule has 0 fully saturated rings. The third kappa shape index (κ3) is 4.70. The second kappa shape index (κ2) is 8.17. The zero-order valence-electron chi connectivity index (χ0n) is 13.2. The molecule has 0 aliphatic carbocycles. The minimum absolute atomic E-state index is 0.0591. The first-order valence-corrected chi connectivity index (χ1v) is 10.00. The van der Waals surface area contributed by atoms with E-state index in [4.69, 9.17) is 5.73 Å². The molecule has 0 aliphatic rings. The van der Waals surface area contributed by atoms with Crippen molar-refractivity contribution in [1.82, 2.24) is 14.5 Å². The standard InChI is InChI=1S/C13H26N4O2S2/c1-5-12(9-20-4)16-21(18,19)13-10(2)15-17(11(13)3)8-6-7-14/h12,16H,5-9,14H2,1-4H3. The van der Waals surface area contributed by atoms with Crippen LogP contribution < -0.4 is 10.5 Å². The van der Waals surface area contributed by atoms with Crippen molar-refractivity contribution >= 4 is 21.8 Å². The minimum atomic E-state index is -3.54. The van der Waals surface area contributed by atoms with Crippen LogP contribution in [0.5, 0.6) is 0 Å². The lowest BCUT2D eigenvalue weighted by atomic mass is 10.3. The third-order valence-electron chi connectivity index (χ3n) is 3.34. The van der Waals surface area contributed by atoms with E-state index in [9.17, 15) is 8.42 Å². The van der Waals surface area contributed by atoms with Gasteiger partial charge in [0.2, 0.25) is 10.0 Å². The monoisotopic (exact) mass is 334 g/mol. The Labute approximate surface area is 131 Å². The molecule has 1 aromatic rings. The zero-order valence-corrected chi connectivity index (χ0v) is 14.9. The second-order valence-electron chi connectivity index (χ2n) is 5.05. The lowest BCUT2D eigenvalue weighted by molar-refractivity contribution is 0.553. The number of rotatable bonds is 9. The van der Waals surface area contributed by atoms with Gasteiger partial charge in [-0.15, -0.1) is 0 Å². The quantitative estimate of drug-likeness (QED) is 0.710. The molecular weight excluding hydrogens is 308 g/mol. The van der Waals surface area contributed by atoms with Crippen molar-refractivity contribution in [2.75, 3.05) is 18.6 Å². The van der Waals surface area contributed by atoms with Crippen LogP contribution in [0.3, 0.4) is 0 Å². The van der Waals surface area contributed by atoms with Gasteiger partial charge < -0.3 is 5.73 Å². The lowest BCUT2D eigenvalue weighted by Gasteiger charge is -2.16. The number of thioether (sulfide) groups is 1. The summed E-state index contributed by atoms with van der Waals surface area (Å²) in [6.45, 7) is 6.70. The fraction of sp³-hybridized carbons (Fsp3) is 0.769. The highest BCUT2D eigenvalue weighted by Crippen LogP contribution is 2.20. The number of aromatic nitrogens is 2. The number of nitrogens with two attached hydrogens (primary N) is 1. The number of aryl methyl sites for hydroxylation is 2. The highest BCUT2D eigenvalue weighted by Gasteiger charge is 2.26. The molecule has 1 rings (SSSR count). The number of hydrogen-bond acceptors (Lipinski definition) is 5. The Balaban J connectivity index is 3.05. The average Bonchev–Trinajstić information content (AvgIpc) is 2.70. The van der Waals surface area contributed by atoms with Gasteiger partial charge in [0.1, 0.15) is 4.90 Å². The van der Waals surface area contributed by atoms with E-state index in [0.29, 0.717) is 29.4 Å². The minimum Gasteiger partial charge on any atom is -0.330 e. The molecule has 3 N–H and O–H groups in total. The van der Waals surface area contributed by atoms with Gasteiger partial charge in [0.25, 0.3) is 0 Å². The highest BCUT2D eigenvalue weighted by molar-refractivity contribution is 7.98. The van der Waals surface area contributed by atoms with Crippen LogP contribution >= 0.6 is 11.8 Å². The molecule has 0 spiro atoms. The van der Waals surface area contributed by atoms with Crippen molar-refractivity contribution in [1.29, 1.82) is 0 Å². The van der Waals surface area contributed by atoms with Crippen LogP contribution in [0.25, 0.3) is 0 Å². The first-order valence-electron chi connectivity index (χ1n) is 7.12. The van der Waals surface area contributed by atoms with E-state index in [1.54, 1.807) is 30.3 Å². The second-order valence-corrected chi connectivity index (χ2v) is 7.61. The molecule has 8 heteroatoms. The summed E-state index contributed by atoms with van der Waals surface area (Å²) in [6.07, 6.45) is 3.51. The maximum absolute atomic E-state index is 12.6. The largest absolute Gasteiger partial charge is 0.330 e. The summed E-state index contributed by atoms with van der Waals surface area (Å²) in [4.78, 5) is 0.305. The first-order chi connectivity index (χ1) is 9.87. The summed E-state index contributed by atoms with van der Waals surface area (Å²) in [6, 6.07) is -0.0591. The Morgan fingerprint density at radius 1 is 1.43 bits per heavy atom. The van der Waals surface area contributed by atoms with E-state index < -0.39 is 10.0 Å². The molecular formula is C13H26N4O2S2. The van der Waals surface area contributed by atoms with Crippen LogP contribution in [0.4, 0.5) is 0 Å². The summed E-state index contributed by atoms with van der Waals surface area (Å²) >= 11 is 1.63. The average molecular weight is 335 g/mol. The molecule has 0 radical (unpaired) electrons. The maximum Gasteiger partial charge on any atom is 0.244 e. The maximum atomic E-state index is 12.6. The van der Waals surface area contributed by atoms with Crippen molar-refractivity contribution in [2.45, 2.75) is 51.1 Å². The summed E-state index contributed by atoms with van der Waals surface area (Å²) in [5.74, 6) is 0.759. The number of nitrogens with one attached hydrogen (secondary N) is 1. The first kappa shape index (κ1) is 18.5. The molecule has 0 aliphatic heterocycles. The van der Waals surface area contributed by atoms with Crippen molar-refractivity contribution in [2.24, 2.45) is 5.73 Å². The van der Waals surface area contributed by atoms with E-state index in [1.165, 1.54) is 0 Å². The molecule has 122 valence electrons. The van der Waals surface area contributed by atoms with Gasteiger partial charge >= 0.3 is 0 Å². The Kier molecular flexibility index (Phi) is 7.19. The van der Waals surface area contributed by atoms with E-state index >= 15 is 0 Å². The lowest BCUT2D eigenvalue weighted by Crippen LogP contribution is -2.36. The van der Waals surface area contributed by atoms with Crippen molar-refractivity contribution < 1.29 is 8.42 Å². The predicted molar refractivity (Wildman–Crippen MR) is 88.2 cm³/mol. The highest BCUT2D eigenvalue weighted by atomic mass is 32.2. The normalized spacial score (nSPS) is 13.6. The number of hydrogen-bond donors (Lipinski definition) is 2. The molecule has 6 nitrogen and oxygen atoms in total. The van der Waals surface area contributed by atoms with Crippen LogP contribution in [0, 0.1) is 13.8 Å². The summed E-state index contributed by atoms with van der Waals surface area (Å²) in [5, 5.41) is 4.33. The van der Waals surface area contributed by atoms with Gasteiger partial charge in [0.05, 0.1) is 11.4 Å². The molecule has 0 aromatic carbocycles. The van der Waals surface area contributed by atoms with Crippen LogP contribution in [0.2, 0.25) is 0 Å². The predicted octanol–water partition coefficient (Wildman–Crippen LogP) is 1.27. The molecule has 1 aromatic heterocycles. The van der Waals surface area contributed by atoms with Crippen molar-refractivity contribution in [3.8, 4) is 0 Å². The van der Waals surface area contributed by atoms with Gasteiger partial charge in [-0.3, -0.25) is 4.68 Å². The van der Waals surface area contributed by atoms with Gasteiger partial charge in [0, 0.05) is 18.3 Å². The topological polar surface area (TPSA) is 90.0 Å². The zero-order chi connectivity index (χ0) is 16.0. The van der Waals surface area contributed by atoms with Gasteiger partial charge in [-0.2, -0.15) is 16.9 Å². The molecule has 0 saturated carbocycles. The Morgan fingerprint density at radius 3 is 2.62 bits per heavy atom. The van der Waals surface area contributed by atoms with Gasteiger partial charge in [0.15, 0.2) is 0 Å². The van der Waals surface area contributed by atoms with Crippen molar-refractivity contribution in [3.63, 3.8) is 0 Å². The van der Waals surface area contributed by atoms with Gasteiger partial charge in [-0.25, -0.2) is 13.1 Å². The fourth-order valence-corrected chi connectivity index (χ4v) is 4.80. The summed E-state index contributed by atoms with van der Waals surface area (Å²) in [7, 11) is -3.54. The number of sulfonamides is 1. The van der Waals surface area contributed by atoms with E-state index in [-0.39, 0.29) is 6.04 Å². The Hall–Kier alpha value is -0.570.